The molecule has 4 rings (SSSR count). The number of hydrogen-bond donors (Lipinski definition) is 0. The van der Waals surface area contributed by atoms with E-state index in [9.17, 15) is 4.79 Å². The minimum absolute atomic E-state index is 0.0612. The van der Waals surface area contributed by atoms with E-state index in [0.29, 0.717) is 36.1 Å². The van der Waals surface area contributed by atoms with Crippen molar-refractivity contribution >= 4 is 21.8 Å². The first-order valence-electron chi connectivity index (χ1n) is 9.32. The number of aromatic nitrogens is 5. The van der Waals surface area contributed by atoms with Gasteiger partial charge in [-0.2, -0.15) is 4.98 Å². The second kappa shape index (κ2) is 7.83. The van der Waals surface area contributed by atoms with Gasteiger partial charge in [-0.15, -0.1) is 5.10 Å². The standard InChI is InChI=1S/C19H21BrN6O2/c1-12(2)17-21-18(28-23-17)16-11-26(24-22-16)15-6-8-25(9-7-15)19(27)13-4-3-5-14(20)10-13/h3-5,10-12,15H,6-9H2,1-2H3. The van der Waals surface area contributed by atoms with Crippen molar-refractivity contribution in [2.45, 2.75) is 38.6 Å². The maximum absolute atomic E-state index is 12.7. The summed E-state index contributed by atoms with van der Waals surface area (Å²) in [6.45, 7) is 5.38. The van der Waals surface area contributed by atoms with Gasteiger partial charge in [-0.3, -0.25) is 4.79 Å². The normalized spacial score (nSPS) is 15.4. The lowest BCUT2D eigenvalue weighted by molar-refractivity contribution is 0.0689. The Hall–Kier alpha value is -2.55. The van der Waals surface area contributed by atoms with Gasteiger partial charge >= 0.3 is 0 Å². The maximum atomic E-state index is 12.7. The van der Waals surface area contributed by atoms with Crippen molar-refractivity contribution in [3.8, 4) is 11.6 Å². The van der Waals surface area contributed by atoms with Gasteiger partial charge in [0, 0.05) is 29.0 Å². The van der Waals surface area contributed by atoms with Gasteiger partial charge in [0.15, 0.2) is 11.5 Å². The molecule has 3 heterocycles. The second-order valence-corrected chi connectivity index (χ2v) is 8.15. The Morgan fingerprint density at radius 1 is 1.29 bits per heavy atom. The molecular formula is C19H21BrN6O2. The summed E-state index contributed by atoms with van der Waals surface area (Å²) in [4.78, 5) is 18.9. The van der Waals surface area contributed by atoms with Gasteiger partial charge in [0.1, 0.15) is 0 Å². The van der Waals surface area contributed by atoms with Crippen molar-refractivity contribution in [2.24, 2.45) is 0 Å². The molecule has 1 amide bonds. The molecule has 0 spiro atoms. The Labute approximate surface area is 171 Å². The topological polar surface area (TPSA) is 89.9 Å². The Bertz CT molecular complexity index is 974. The Balaban J connectivity index is 1.40. The molecule has 2 aromatic heterocycles. The minimum Gasteiger partial charge on any atom is -0.338 e. The van der Waals surface area contributed by atoms with Crippen LogP contribution in [0.3, 0.4) is 0 Å². The highest BCUT2D eigenvalue weighted by molar-refractivity contribution is 9.10. The summed E-state index contributed by atoms with van der Waals surface area (Å²) in [6, 6.07) is 7.69. The third kappa shape index (κ3) is 3.84. The molecule has 1 saturated heterocycles. The highest BCUT2D eigenvalue weighted by atomic mass is 79.9. The van der Waals surface area contributed by atoms with Gasteiger partial charge in [-0.05, 0) is 31.0 Å². The molecule has 0 N–H and O–H groups in total. The maximum Gasteiger partial charge on any atom is 0.280 e. The van der Waals surface area contributed by atoms with Gasteiger partial charge in [0.25, 0.3) is 11.8 Å². The van der Waals surface area contributed by atoms with Crippen LogP contribution < -0.4 is 0 Å². The largest absolute Gasteiger partial charge is 0.338 e. The zero-order chi connectivity index (χ0) is 19.7. The van der Waals surface area contributed by atoms with E-state index >= 15 is 0 Å². The van der Waals surface area contributed by atoms with Gasteiger partial charge in [0.05, 0.1) is 12.2 Å². The lowest BCUT2D eigenvalue weighted by atomic mass is 10.0. The van der Waals surface area contributed by atoms with E-state index in [4.69, 9.17) is 4.52 Å². The van der Waals surface area contributed by atoms with Crippen molar-refractivity contribution in [3.05, 3.63) is 46.3 Å². The number of halogens is 1. The predicted octanol–water partition coefficient (Wildman–Crippen LogP) is 3.69. The molecule has 9 heteroatoms. The average molecular weight is 445 g/mol. The number of hydrogen-bond acceptors (Lipinski definition) is 6. The Kier molecular flexibility index (Phi) is 5.25. The third-order valence-corrected chi connectivity index (χ3v) is 5.38. The molecule has 3 aromatic rings. The van der Waals surface area contributed by atoms with E-state index in [2.05, 4.69) is 36.4 Å². The van der Waals surface area contributed by atoms with Crippen LogP contribution >= 0.6 is 15.9 Å². The summed E-state index contributed by atoms with van der Waals surface area (Å²) in [5, 5.41) is 12.4. The molecule has 0 saturated carbocycles. The molecule has 0 atom stereocenters. The monoisotopic (exact) mass is 444 g/mol. The highest BCUT2D eigenvalue weighted by Gasteiger charge is 2.26. The van der Waals surface area contributed by atoms with E-state index in [1.807, 2.05) is 53.9 Å². The van der Waals surface area contributed by atoms with Gasteiger partial charge < -0.3 is 9.42 Å². The molecule has 0 aliphatic carbocycles. The fourth-order valence-corrected chi connectivity index (χ4v) is 3.66. The Morgan fingerprint density at radius 2 is 2.07 bits per heavy atom. The minimum atomic E-state index is 0.0612. The quantitative estimate of drug-likeness (QED) is 0.609. The van der Waals surface area contributed by atoms with Crippen LogP contribution in [-0.4, -0.2) is 49.0 Å². The zero-order valence-corrected chi connectivity index (χ0v) is 17.3. The molecule has 28 heavy (non-hydrogen) atoms. The number of amides is 1. The summed E-state index contributed by atoms with van der Waals surface area (Å²) in [5.74, 6) is 1.30. The van der Waals surface area contributed by atoms with Crippen molar-refractivity contribution in [1.29, 1.82) is 0 Å². The van der Waals surface area contributed by atoms with Gasteiger partial charge in [0.2, 0.25) is 0 Å². The lowest BCUT2D eigenvalue weighted by Crippen LogP contribution is -2.39. The zero-order valence-electron chi connectivity index (χ0n) is 15.7. The fraction of sp³-hybridized carbons (Fsp3) is 0.421. The second-order valence-electron chi connectivity index (χ2n) is 7.23. The Morgan fingerprint density at radius 3 is 2.75 bits per heavy atom. The van der Waals surface area contributed by atoms with E-state index in [0.717, 1.165) is 17.3 Å². The van der Waals surface area contributed by atoms with Crippen LogP contribution in [0, 0.1) is 0 Å². The SMILES string of the molecule is CC(C)c1noc(-c2cn(C3CCN(C(=O)c4cccc(Br)c4)CC3)nn2)n1. The van der Waals surface area contributed by atoms with Crippen LogP contribution in [0.4, 0.5) is 0 Å². The number of rotatable bonds is 4. The van der Waals surface area contributed by atoms with Crippen molar-refractivity contribution in [1.82, 2.24) is 30.0 Å². The van der Waals surface area contributed by atoms with Crippen LogP contribution in [-0.2, 0) is 0 Å². The summed E-state index contributed by atoms with van der Waals surface area (Å²) in [6.07, 6.45) is 3.49. The molecule has 1 aliphatic rings. The molecule has 1 aromatic carbocycles. The predicted molar refractivity (Wildman–Crippen MR) is 106 cm³/mol. The number of likely N-dealkylation sites (tertiary alicyclic amines) is 1. The number of carbonyl (C=O) groups excluding carboxylic acids is 1. The van der Waals surface area contributed by atoms with Crippen molar-refractivity contribution < 1.29 is 9.32 Å². The lowest BCUT2D eigenvalue weighted by Gasteiger charge is -2.31. The van der Waals surface area contributed by atoms with Crippen LogP contribution in [0.25, 0.3) is 11.6 Å². The number of benzene rings is 1. The molecule has 1 aliphatic heterocycles. The van der Waals surface area contributed by atoms with E-state index in [-0.39, 0.29) is 17.9 Å². The first-order valence-corrected chi connectivity index (χ1v) is 10.1. The van der Waals surface area contributed by atoms with Crippen LogP contribution in [0.15, 0.2) is 39.5 Å². The fourth-order valence-electron chi connectivity index (χ4n) is 3.26. The summed E-state index contributed by atoms with van der Waals surface area (Å²) >= 11 is 3.42. The summed E-state index contributed by atoms with van der Waals surface area (Å²) < 4.78 is 8.04. The molecule has 0 radical (unpaired) electrons. The molecule has 8 nitrogen and oxygen atoms in total. The average Bonchev–Trinajstić information content (AvgIpc) is 3.37. The number of piperidine rings is 1. The van der Waals surface area contributed by atoms with Crippen LogP contribution in [0.1, 0.15) is 54.8 Å². The van der Waals surface area contributed by atoms with Gasteiger partial charge in [-0.1, -0.05) is 46.2 Å². The smallest absolute Gasteiger partial charge is 0.280 e. The molecule has 0 unspecified atom stereocenters. The van der Waals surface area contributed by atoms with Crippen LogP contribution in [0.2, 0.25) is 0 Å². The van der Waals surface area contributed by atoms with Gasteiger partial charge in [-0.25, -0.2) is 4.68 Å². The number of carbonyl (C=O) groups is 1. The first kappa shape index (κ1) is 18.8. The molecule has 1 fully saturated rings. The molecular weight excluding hydrogens is 424 g/mol. The van der Waals surface area contributed by atoms with Crippen LogP contribution in [0.5, 0.6) is 0 Å². The van der Waals surface area contributed by atoms with Crippen molar-refractivity contribution in [2.75, 3.05) is 13.1 Å². The third-order valence-electron chi connectivity index (χ3n) is 4.88. The van der Waals surface area contributed by atoms with E-state index < -0.39 is 0 Å². The summed E-state index contributed by atoms with van der Waals surface area (Å²) in [7, 11) is 0. The molecule has 0 bridgehead atoms. The van der Waals surface area contributed by atoms with Crippen molar-refractivity contribution in [3.63, 3.8) is 0 Å². The number of nitrogens with zero attached hydrogens (tertiary/aromatic N) is 6. The highest BCUT2D eigenvalue weighted by Crippen LogP contribution is 2.25. The first-order chi connectivity index (χ1) is 13.5. The summed E-state index contributed by atoms with van der Waals surface area (Å²) in [5.41, 5.74) is 1.28. The van der Waals surface area contributed by atoms with E-state index in [1.165, 1.54) is 0 Å². The molecule has 146 valence electrons. The van der Waals surface area contributed by atoms with E-state index in [1.54, 1.807) is 0 Å².